The number of para-hydroxylation sites is 2. The lowest BCUT2D eigenvalue weighted by Crippen LogP contribution is -2.17. The molecule has 10 aromatic rings. The van der Waals surface area contributed by atoms with Gasteiger partial charge < -0.3 is 8.83 Å². The zero-order valence-electron chi connectivity index (χ0n) is 30.3. The second kappa shape index (κ2) is 12.2. The number of carbonyl (C=O) groups is 2. The molecule has 0 bridgehead atoms. The van der Waals surface area contributed by atoms with Crippen molar-refractivity contribution in [2.24, 2.45) is 0 Å². The molecule has 0 saturated heterocycles. The first-order valence-electron chi connectivity index (χ1n) is 18.7. The molecule has 0 amide bonds. The summed E-state index contributed by atoms with van der Waals surface area (Å²) in [6, 6.07) is 49.3. The zero-order chi connectivity index (χ0) is 38.8. The van der Waals surface area contributed by atoms with Crippen molar-refractivity contribution in [3.63, 3.8) is 0 Å². The van der Waals surface area contributed by atoms with Crippen LogP contribution >= 0.6 is 0 Å². The van der Waals surface area contributed by atoms with Gasteiger partial charge >= 0.3 is 0 Å². The van der Waals surface area contributed by atoms with E-state index >= 15 is 0 Å². The average Bonchev–Trinajstić information content (AvgIpc) is 3.84. The smallest absolute Gasteiger partial charge is 0.195 e. The van der Waals surface area contributed by atoms with Crippen molar-refractivity contribution in [2.75, 3.05) is 0 Å². The molecule has 58 heavy (non-hydrogen) atoms. The van der Waals surface area contributed by atoms with Gasteiger partial charge in [0.1, 0.15) is 22.3 Å². The maximum absolute atomic E-state index is 14.2. The number of carbonyl (C=O) groups excluding carboxylic acids is 2. The van der Waals surface area contributed by atoms with Gasteiger partial charge in [0.2, 0.25) is 0 Å². The summed E-state index contributed by atoms with van der Waals surface area (Å²) in [5.74, 6) is -0.453. The van der Waals surface area contributed by atoms with Crippen LogP contribution in [0.15, 0.2) is 186 Å². The minimum Gasteiger partial charge on any atom is -0.456 e. The van der Waals surface area contributed by atoms with Crippen LogP contribution in [0.2, 0.25) is 0 Å². The number of benzene rings is 8. The first-order valence-corrected chi connectivity index (χ1v) is 21.0. The van der Waals surface area contributed by atoms with Crippen LogP contribution in [0, 0.1) is 0 Å². The van der Waals surface area contributed by atoms with Crippen LogP contribution in [0.4, 0.5) is 0 Å². The van der Waals surface area contributed by atoms with Crippen LogP contribution in [0.1, 0.15) is 31.8 Å². The van der Waals surface area contributed by atoms with Gasteiger partial charge in [-0.15, -0.1) is 0 Å². The van der Waals surface area contributed by atoms with Crippen molar-refractivity contribution in [1.82, 2.24) is 0 Å². The van der Waals surface area contributed by atoms with E-state index in [-0.39, 0.29) is 11.6 Å². The highest BCUT2D eigenvalue weighted by Gasteiger charge is 2.32. The Hall–Kier alpha value is -7.00. The normalized spacial score (nSPS) is 15.8. The molecule has 6 nitrogen and oxygen atoms in total. The topological polar surface area (TPSA) is 94.6 Å². The van der Waals surface area contributed by atoms with Crippen LogP contribution < -0.4 is 0 Å². The van der Waals surface area contributed by atoms with Crippen molar-refractivity contribution in [3.8, 4) is 33.4 Å². The maximum Gasteiger partial charge on any atom is 0.195 e. The zero-order valence-corrected chi connectivity index (χ0v) is 31.9. The molecule has 2 unspecified atom stereocenters. The molecule has 8 aromatic carbocycles. The van der Waals surface area contributed by atoms with Crippen LogP contribution in [-0.4, -0.2) is 20.0 Å². The fraction of sp³-hybridized carbons (Fsp3) is 0. The van der Waals surface area contributed by atoms with Gasteiger partial charge in [0, 0.05) is 43.8 Å². The summed E-state index contributed by atoms with van der Waals surface area (Å²) < 4.78 is 40.1. The van der Waals surface area contributed by atoms with E-state index in [1.54, 1.807) is 36.4 Å². The highest BCUT2D eigenvalue weighted by Crippen LogP contribution is 2.41. The van der Waals surface area contributed by atoms with Crippen molar-refractivity contribution < 1.29 is 26.8 Å². The van der Waals surface area contributed by atoms with E-state index in [4.69, 9.17) is 8.83 Å². The summed E-state index contributed by atoms with van der Waals surface area (Å²) in [5, 5.41) is 4.10. The lowest BCUT2D eigenvalue weighted by Gasteiger charge is -2.21. The molecule has 8 heteroatoms. The molecule has 0 saturated carbocycles. The van der Waals surface area contributed by atoms with Gasteiger partial charge in [0.05, 0.1) is 41.2 Å². The lowest BCUT2D eigenvalue weighted by molar-refractivity contribution is 0.102. The van der Waals surface area contributed by atoms with Crippen LogP contribution in [-0.2, 0) is 21.6 Å². The number of hydrogen-bond donors (Lipinski definition) is 0. The largest absolute Gasteiger partial charge is 0.456 e. The van der Waals surface area contributed by atoms with E-state index < -0.39 is 21.6 Å². The number of rotatable bonds is 3. The molecule has 0 N–H and O–H groups in total. The summed E-state index contributed by atoms with van der Waals surface area (Å²) in [7, 11) is -3.16. The minimum atomic E-state index is -1.58. The number of hydrogen-bond acceptors (Lipinski definition) is 6. The Labute approximate surface area is 335 Å². The fourth-order valence-electron chi connectivity index (χ4n) is 8.53. The summed E-state index contributed by atoms with van der Waals surface area (Å²) in [4.78, 5) is 30.3. The van der Waals surface area contributed by atoms with Crippen molar-refractivity contribution >= 4 is 77.0 Å². The van der Waals surface area contributed by atoms with E-state index in [1.165, 1.54) is 0 Å². The van der Waals surface area contributed by atoms with E-state index in [2.05, 4.69) is 0 Å². The molecule has 0 spiro atoms. The van der Waals surface area contributed by atoms with Gasteiger partial charge in [0.15, 0.2) is 11.6 Å². The molecular weight excluding hydrogens is 761 g/mol. The number of ketones is 2. The Kier molecular flexibility index (Phi) is 7.00. The first kappa shape index (κ1) is 33.2. The van der Waals surface area contributed by atoms with E-state index in [0.29, 0.717) is 53.0 Å². The van der Waals surface area contributed by atoms with Crippen molar-refractivity contribution in [3.05, 3.63) is 180 Å². The molecular formula is C50H26O6S2. The molecule has 2 aliphatic heterocycles. The van der Waals surface area contributed by atoms with Crippen molar-refractivity contribution in [2.45, 2.75) is 19.6 Å². The Morgan fingerprint density at radius 3 is 0.966 bits per heavy atom. The van der Waals surface area contributed by atoms with Crippen LogP contribution in [0.5, 0.6) is 0 Å². The Morgan fingerprint density at radius 2 is 0.603 bits per heavy atom. The summed E-state index contributed by atoms with van der Waals surface area (Å²) in [6.45, 7) is 0. The Bertz CT molecular complexity index is 3320. The maximum atomic E-state index is 14.2. The minimum absolute atomic E-state index is 0.226. The second-order valence-electron chi connectivity index (χ2n) is 14.7. The summed E-state index contributed by atoms with van der Waals surface area (Å²) >= 11 is 0. The number of fused-ring (bicyclic) bond motifs is 10. The molecule has 0 radical (unpaired) electrons. The van der Waals surface area contributed by atoms with E-state index in [0.717, 1.165) is 66.1 Å². The molecule has 4 heterocycles. The first-order chi connectivity index (χ1) is 28.4. The van der Waals surface area contributed by atoms with Gasteiger partial charge in [-0.05, 0) is 118 Å². The molecule has 2 atom stereocenters. The third-order valence-electron chi connectivity index (χ3n) is 11.5. The molecule has 0 fully saturated rings. The lowest BCUT2D eigenvalue weighted by atomic mass is 9.93. The van der Waals surface area contributed by atoms with Gasteiger partial charge in [-0.2, -0.15) is 0 Å². The molecule has 12 rings (SSSR count). The molecule has 2 aromatic heterocycles. The fourth-order valence-corrected chi connectivity index (χ4v) is 11.2. The molecule has 274 valence electrons. The monoisotopic (exact) mass is 786 g/mol. The van der Waals surface area contributed by atoms with Gasteiger partial charge in [-0.1, -0.05) is 72.8 Å². The van der Waals surface area contributed by atoms with Crippen molar-refractivity contribution in [1.29, 1.82) is 0 Å². The van der Waals surface area contributed by atoms with Crippen LogP contribution in [0.25, 0.3) is 77.3 Å². The number of furan rings is 2. The predicted molar refractivity (Wildman–Crippen MR) is 226 cm³/mol. The Balaban J connectivity index is 0.882. The average molecular weight is 787 g/mol. The molecule has 0 aliphatic carbocycles. The quantitative estimate of drug-likeness (QED) is 0.177. The van der Waals surface area contributed by atoms with Crippen LogP contribution in [0.3, 0.4) is 0 Å². The van der Waals surface area contributed by atoms with Gasteiger partial charge in [0.25, 0.3) is 0 Å². The van der Waals surface area contributed by atoms with Gasteiger partial charge in [-0.25, -0.2) is 8.42 Å². The molecule has 2 aliphatic rings. The summed E-state index contributed by atoms with van der Waals surface area (Å²) in [6.07, 6.45) is 0. The van der Waals surface area contributed by atoms with E-state index in [1.807, 2.05) is 121 Å². The summed E-state index contributed by atoms with van der Waals surface area (Å²) in [5.41, 5.74) is 9.31. The third-order valence-corrected chi connectivity index (χ3v) is 14.5. The predicted octanol–water partition coefficient (Wildman–Crippen LogP) is 11.9. The van der Waals surface area contributed by atoms with E-state index in [9.17, 15) is 18.0 Å². The third kappa shape index (κ3) is 4.82. The highest BCUT2D eigenvalue weighted by molar-refractivity contribution is 7.85. The standard InChI is InChI=1S/C50H26O6S2/c51-49-37-21-27(11-17-45(37)57(53)47-19-13-29(23-39(47)49)31-9-15-35-33-5-1-3-7-41(33)55-43(35)25-31)28-12-18-46-38(22-28)50(52)40-24-30(14-20-48(40)58(46)54)32-10-16-36-34-6-2-4-8-42(34)56-44(36)26-32/h1-26H. The second-order valence-corrected chi connectivity index (χ2v) is 17.5. The van der Waals surface area contributed by atoms with Gasteiger partial charge in [-0.3, -0.25) is 9.59 Å². The Morgan fingerprint density at radius 1 is 0.310 bits per heavy atom. The SMILES string of the molecule is O=C1c2cc(-c3ccc4c(c3)C(=O)c3cc(-c5ccc6c(c5)oc5ccccc56)ccc3S4=O)ccc2S(=O)c2ccc(-c3ccc4c(c3)oc3ccccc34)cc21. The highest BCUT2D eigenvalue weighted by atomic mass is 32.2.